The molecule has 1 amide bonds. The molecule has 1 fully saturated rings. The smallest absolute Gasteiger partial charge is 0.417 e. The predicted molar refractivity (Wildman–Crippen MR) is 106 cm³/mol. The first kappa shape index (κ1) is 21.7. The van der Waals surface area contributed by atoms with E-state index in [2.05, 4.69) is 4.98 Å². The first-order valence-electron chi connectivity index (χ1n) is 9.61. The van der Waals surface area contributed by atoms with Gasteiger partial charge in [0.2, 0.25) is 0 Å². The zero-order valence-electron chi connectivity index (χ0n) is 17.1. The Balaban J connectivity index is 1.64. The van der Waals surface area contributed by atoms with E-state index in [0.29, 0.717) is 49.1 Å². The summed E-state index contributed by atoms with van der Waals surface area (Å²) in [5.74, 6) is 1.39. The van der Waals surface area contributed by atoms with Gasteiger partial charge in [-0.25, -0.2) is 4.98 Å². The number of aromatic nitrogens is 1. The Bertz CT molecular complexity index is 877. The van der Waals surface area contributed by atoms with Crippen LogP contribution < -0.4 is 14.4 Å². The molecule has 0 aliphatic carbocycles. The zero-order valence-corrected chi connectivity index (χ0v) is 17.1. The van der Waals surface area contributed by atoms with Crippen molar-refractivity contribution in [3.63, 3.8) is 0 Å². The van der Waals surface area contributed by atoms with Crippen molar-refractivity contribution in [3.8, 4) is 11.5 Å². The third kappa shape index (κ3) is 4.95. The second-order valence-electron chi connectivity index (χ2n) is 7.21. The summed E-state index contributed by atoms with van der Waals surface area (Å²) in [6, 6.07) is 7.45. The second-order valence-corrected chi connectivity index (χ2v) is 7.21. The number of halogens is 3. The van der Waals surface area contributed by atoms with Gasteiger partial charge < -0.3 is 19.3 Å². The molecule has 1 aliphatic heterocycles. The number of rotatable bonds is 5. The number of hydrogen-bond acceptors (Lipinski definition) is 5. The Morgan fingerprint density at radius 2 is 1.77 bits per heavy atom. The molecule has 0 atom stereocenters. The summed E-state index contributed by atoms with van der Waals surface area (Å²) in [6.45, 7) is 5.65. The van der Waals surface area contributed by atoms with Crippen LogP contribution in [0.1, 0.15) is 29.8 Å². The monoisotopic (exact) mass is 423 g/mol. The number of amides is 1. The predicted octanol–water partition coefficient (Wildman–Crippen LogP) is 3.86. The minimum absolute atomic E-state index is 0.0210. The molecule has 0 unspecified atom stereocenters. The molecule has 6 nitrogen and oxygen atoms in total. The van der Waals surface area contributed by atoms with Crippen LogP contribution in [0.5, 0.6) is 11.5 Å². The maximum Gasteiger partial charge on any atom is 0.417 e. The fraction of sp³-hybridized carbons (Fsp3) is 0.429. The van der Waals surface area contributed by atoms with E-state index in [1.807, 2.05) is 18.7 Å². The molecule has 1 aromatic heterocycles. The number of alkyl halides is 3. The van der Waals surface area contributed by atoms with E-state index in [4.69, 9.17) is 9.47 Å². The lowest BCUT2D eigenvalue weighted by Gasteiger charge is -2.35. The standard InChI is InChI=1S/C21H24F3N3O3/c1-14(2)30-17-6-4-15(12-18(17)29-3)20(28)27-10-8-26(9-11-27)19-7-5-16(13-25-19)21(22,23)24/h4-7,12-14H,8-11H2,1-3H3. The molecule has 1 saturated heterocycles. The lowest BCUT2D eigenvalue weighted by Crippen LogP contribution is -2.49. The fourth-order valence-corrected chi connectivity index (χ4v) is 3.21. The molecule has 0 radical (unpaired) electrons. The molecule has 30 heavy (non-hydrogen) atoms. The zero-order chi connectivity index (χ0) is 21.9. The number of pyridine rings is 1. The van der Waals surface area contributed by atoms with Crippen molar-refractivity contribution in [3.05, 3.63) is 47.7 Å². The van der Waals surface area contributed by atoms with Crippen LogP contribution in [0.25, 0.3) is 0 Å². The summed E-state index contributed by atoms with van der Waals surface area (Å²) < 4.78 is 49.1. The van der Waals surface area contributed by atoms with Crippen LogP contribution >= 0.6 is 0 Å². The van der Waals surface area contributed by atoms with Crippen LogP contribution in [0.3, 0.4) is 0 Å². The van der Waals surface area contributed by atoms with Gasteiger partial charge in [-0.3, -0.25) is 4.79 Å². The van der Waals surface area contributed by atoms with Gasteiger partial charge in [0.05, 0.1) is 18.8 Å². The van der Waals surface area contributed by atoms with Gasteiger partial charge in [0.25, 0.3) is 5.91 Å². The summed E-state index contributed by atoms with van der Waals surface area (Å²) in [6.07, 6.45) is -3.60. The van der Waals surface area contributed by atoms with Crippen LogP contribution in [0.4, 0.5) is 19.0 Å². The lowest BCUT2D eigenvalue weighted by molar-refractivity contribution is -0.137. The molecule has 3 rings (SSSR count). The van der Waals surface area contributed by atoms with Crippen molar-refractivity contribution >= 4 is 11.7 Å². The number of nitrogens with zero attached hydrogens (tertiary/aromatic N) is 3. The highest BCUT2D eigenvalue weighted by Gasteiger charge is 2.31. The highest BCUT2D eigenvalue weighted by molar-refractivity contribution is 5.95. The van der Waals surface area contributed by atoms with Crippen LogP contribution in [-0.4, -0.2) is 55.2 Å². The third-order valence-electron chi connectivity index (χ3n) is 4.74. The van der Waals surface area contributed by atoms with E-state index < -0.39 is 11.7 Å². The van der Waals surface area contributed by atoms with Crippen molar-refractivity contribution in [1.82, 2.24) is 9.88 Å². The Labute approximate surface area is 173 Å². The van der Waals surface area contributed by atoms with Gasteiger partial charge in [-0.2, -0.15) is 13.2 Å². The molecule has 0 bridgehead atoms. The number of carbonyl (C=O) groups excluding carboxylic acids is 1. The maximum absolute atomic E-state index is 12.9. The number of piperazine rings is 1. The number of hydrogen-bond donors (Lipinski definition) is 0. The van der Waals surface area contributed by atoms with Gasteiger partial charge in [-0.15, -0.1) is 0 Å². The van der Waals surface area contributed by atoms with E-state index in [1.165, 1.54) is 13.2 Å². The molecule has 9 heteroatoms. The van der Waals surface area contributed by atoms with E-state index in [0.717, 1.165) is 12.3 Å². The van der Waals surface area contributed by atoms with Gasteiger partial charge in [0, 0.05) is 37.9 Å². The lowest BCUT2D eigenvalue weighted by atomic mass is 10.1. The molecule has 1 aromatic carbocycles. The summed E-state index contributed by atoms with van der Waals surface area (Å²) in [5.41, 5.74) is -0.289. The van der Waals surface area contributed by atoms with Crippen molar-refractivity contribution in [2.45, 2.75) is 26.1 Å². The van der Waals surface area contributed by atoms with Crippen LogP contribution in [0.2, 0.25) is 0 Å². The first-order valence-corrected chi connectivity index (χ1v) is 9.61. The Morgan fingerprint density at radius 3 is 2.30 bits per heavy atom. The molecule has 2 heterocycles. The fourth-order valence-electron chi connectivity index (χ4n) is 3.21. The maximum atomic E-state index is 12.9. The SMILES string of the molecule is COc1cc(C(=O)N2CCN(c3ccc(C(F)(F)F)cn3)CC2)ccc1OC(C)C. The van der Waals surface area contributed by atoms with Crippen molar-refractivity contribution in [2.24, 2.45) is 0 Å². The van der Waals surface area contributed by atoms with Crippen LogP contribution in [0.15, 0.2) is 36.5 Å². The van der Waals surface area contributed by atoms with Gasteiger partial charge in [-0.05, 0) is 44.2 Å². The molecule has 0 saturated carbocycles. The summed E-state index contributed by atoms with van der Waals surface area (Å²) in [5, 5.41) is 0. The largest absolute Gasteiger partial charge is 0.493 e. The Hall–Kier alpha value is -2.97. The molecule has 0 spiro atoms. The van der Waals surface area contributed by atoms with Gasteiger partial charge in [0.15, 0.2) is 11.5 Å². The van der Waals surface area contributed by atoms with Crippen molar-refractivity contribution < 1.29 is 27.4 Å². The van der Waals surface area contributed by atoms with E-state index in [1.54, 1.807) is 23.1 Å². The average molecular weight is 423 g/mol. The first-order chi connectivity index (χ1) is 14.2. The molecule has 162 valence electrons. The van der Waals surface area contributed by atoms with E-state index in [-0.39, 0.29) is 12.0 Å². The van der Waals surface area contributed by atoms with E-state index >= 15 is 0 Å². The highest BCUT2D eigenvalue weighted by atomic mass is 19.4. The summed E-state index contributed by atoms with van der Waals surface area (Å²) >= 11 is 0. The van der Waals surface area contributed by atoms with Gasteiger partial charge in [0.1, 0.15) is 5.82 Å². The number of ether oxygens (including phenoxy) is 2. The molecular formula is C21H24F3N3O3. The number of benzene rings is 1. The van der Waals surface area contributed by atoms with Crippen molar-refractivity contribution in [2.75, 3.05) is 38.2 Å². The minimum Gasteiger partial charge on any atom is -0.493 e. The van der Waals surface area contributed by atoms with Crippen LogP contribution in [-0.2, 0) is 6.18 Å². The number of methoxy groups -OCH3 is 1. The average Bonchev–Trinajstić information content (AvgIpc) is 2.73. The molecule has 1 aliphatic rings. The topological polar surface area (TPSA) is 54.9 Å². The number of anilines is 1. The quantitative estimate of drug-likeness (QED) is 0.731. The van der Waals surface area contributed by atoms with E-state index in [9.17, 15) is 18.0 Å². The highest BCUT2D eigenvalue weighted by Crippen LogP contribution is 2.31. The summed E-state index contributed by atoms with van der Waals surface area (Å²) in [4.78, 5) is 20.4. The number of carbonyl (C=O) groups is 1. The molecule has 2 aromatic rings. The van der Waals surface area contributed by atoms with Gasteiger partial charge >= 0.3 is 6.18 Å². The normalized spacial score (nSPS) is 14.8. The van der Waals surface area contributed by atoms with Gasteiger partial charge in [-0.1, -0.05) is 0 Å². The third-order valence-corrected chi connectivity index (χ3v) is 4.74. The molecular weight excluding hydrogens is 399 g/mol. The second kappa shape index (κ2) is 8.81. The Morgan fingerprint density at radius 1 is 1.07 bits per heavy atom. The van der Waals surface area contributed by atoms with Crippen LogP contribution in [0, 0.1) is 0 Å². The Kier molecular flexibility index (Phi) is 6.38. The van der Waals surface area contributed by atoms with Crippen molar-refractivity contribution in [1.29, 1.82) is 0 Å². The minimum atomic E-state index is -4.41. The molecule has 0 N–H and O–H groups in total. The summed E-state index contributed by atoms with van der Waals surface area (Å²) in [7, 11) is 1.52.